The first-order chi connectivity index (χ1) is 6.49. The Bertz CT molecular complexity index is 303. The molecule has 6 heteroatoms. The topological polar surface area (TPSA) is 70.0 Å². The third-order valence-corrected chi connectivity index (χ3v) is 3.66. The van der Waals surface area contributed by atoms with Crippen LogP contribution in [-0.2, 0) is 9.59 Å². The van der Waals surface area contributed by atoms with E-state index in [2.05, 4.69) is 4.99 Å². The molecule has 1 aliphatic heterocycles. The Labute approximate surface area is 86.2 Å². The van der Waals surface area contributed by atoms with Crippen molar-refractivity contribution in [3.05, 3.63) is 0 Å². The van der Waals surface area contributed by atoms with Crippen molar-refractivity contribution in [2.45, 2.75) is 12.2 Å². The Hall–Kier alpha value is -1.04. The zero-order chi connectivity index (χ0) is 10.9. The predicted octanol–water partition coefficient (Wildman–Crippen LogP) is 0.267. The van der Waals surface area contributed by atoms with Crippen molar-refractivity contribution in [3.8, 4) is 0 Å². The number of aliphatic imine (C=N–C) groups is 1. The van der Waals surface area contributed by atoms with E-state index in [4.69, 9.17) is 5.11 Å². The Morgan fingerprint density at radius 1 is 1.71 bits per heavy atom. The molecule has 1 rings (SSSR count). The summed E-state index contributed by atoms with van der Waals surface area (Å²) in [5, 5.41) is 8.81. The number of aliphatic carboxylic acids is 1. The van der Waals surface area contributed by atoms with Gasteiger partial charge in [-0.3, -0.25) is 19.5 Å². The van der Waals surface area contributed by atoms with Crippen molar-refractivity contribution >= 4 is 28.8 Å². The van der Waals surface area contributed by atoms with Gasteiger partial charge in [0.2, 0.25) is 5.91 Å². The summed E-state index contributed by atoms with van der Waals surface area (Å²) in [5.74, 6) is -1.83. The number of amides is 1. The van der Waals surface area contributed by atoms with Gasteiger partial charge in [0.1, 0.15) is 5.25 Å². The third-order valence-electron chi connectivity index (χ3n) is 2.13. The first-order valence-corrected chi connectivity index (χ1v) is 5.00. The molecule has 2 atom stereocenters. The molecule has 0 saturated carbocycles. The molecular formula is C8H12N2O3S. The number of hydrogen-bond donors (Lipinski definition) is 1. The highest BCUT2D eigenvalue weighted by atomic mass is 32.2. The number of rotatable bonds is 2. The zero-order valence-corrected chi connectivity index (χ0v) is 9.04. The van der Waals surface area contributed by atoms with Gasteiger partial charge in [0.25, 0.3) is 0 Å². The van der Waals surface area contributed by atoms with E-state index in [-0.39, 0.29) is 5.91 Å². The number of carbonyl (C=O) groups is 2. The molecule has 0 aliphatic carbocycles. The van der Waals surface area contributed by atoms with E-state index in [0.29, 0.717) is 5.17 Å². The third kappa shape index (κ3) is 1.75. The quantitative estimate of drug-likeness (QED) is 0.719. The van der Waals surface area contributed by atoms with Gasteiger partial charge in [-0.1, -0.05) is 18.7 Å². The van der Waals surface area contributed by atoms with E-state index in [1.165, 1.54) is 23.6 Å². The summed E-state index contributed by atoms with van der Waals surface area (Å²) >= 11 is 1.21. The van der Waals surface area contributed by atoms with Gasteiger partial charge >= 0.3 is 5.97 Å². The maximum absolute atomic E-state index is 11.6. The van der Waals surface area contributed by atoms with Crippen LogP contribution in [-0.4, -0.2) is 46.4 Å². The largest absolute Gasteiger partial charge is 0.481 e. The lowest BCUT2D eigenvalue weighted by Gasteiger charge is -2.11. The summed E-state index contributed by atoms with van der Waals surface area (Å²) in [6.07, 6.45) is 0. The molecule has 1 aliphatic rings. The molecule has 0 spiro atoms. The molecule has 1 amide bonds. The van der Waals surface area contributed by atoms with Gasteiger partial charge in [0.05, 0.1) is 5.92 Å². The maximum atomic E-state index is 11.6. The number of carboxylic acid groups (broad SMARTS) is 1. The first-order valence-electron chi connectivity index (χ1n) is 4.12. The van der Waals surface area contributed by atoms with E-state index in [1.807, 2.05) is 0 Å². The van der Waals surface area contributed by atoms with Gasteiger partial charge in [0.15, 0.2) is 5.17 Å². The summed E-state index contributed by atoms with van der Waals surface area (Å²) in [5.41, 5.74) is 0. The number of carboxylic acids is 1. The fourth-order valence-corrected chi connectivity index (χ4v) is 2.34. The molecule has 5 nitrogen and oxygen atoms in total. The number of carbonyl (C=O) groups excluding carboxylic acids is 1. The SMILES string of the molecule is CN=C1SC(C(C)C(=O)O)C(=O)N1C. The van der Waals surface area contributed by atoms with Crippen molar-refractivity contribution in [3.63, 3.8) is 0 Å². The van der Waals surface area contributed by atoms with E-state index >= 15 is 0 Å². The standard InChI is InChI=1S/C8H12N2O3S/c1-4(7(12)13)5-6(11)10(3)8(9-2)14-5/h4-5H,1-3H3,(H,12,13). The molecule has 14 heavy (non-hydrogen) atoms. The number of amidine groups is 1. The molecule has 0 aromatic rings. The zero-order valence-electron chi connectivity index (χ0n) is 8.22. The first kappa shape index (κ1) is 11.0. The lowest BCUT2D eigenvalue weighted by atomic mass is 10.1. The Morgan fingerprint density at radius 2 is 2.29 bits per heavy atom. The van der Waals surface area contributed by atoms with Crippen LogP contribution in [0.2, 0.25) is 0 Å². The van der Waals surface area contributed by atoms with E-state index < -0.39 is 17.1 Å². The van der Waals surface area contributed by atoms with Gasteiger partial charge in [-0.25, -0.2) is 0 Å². The maximum Gasteiger partial charge on any atom is 0.307 e. The van der Waals surface area contributed by atoms with E-state index in [9.17, 15) is 9.59 Å². The fourth-order valence-electron chi connectivity index (χ4n) is 1.18. The molecular weight excluding hydrogens is 204 g/mol. The number of nitrogens with zero attached hydrogens (tertiary/aromatic N) is 2. The van der Waals surface area contributed by atoms with Crippen LogP contribution in [0, 0.1) is 5.92 Å². The molecule has 1 fully saturated rings. The van der Waals surface area contributed by atoms with Crippen LogP contribution in [0.1, 0.15) is 6.92 Å². The number of hydrogen-bond acceptors (Lipinski definition) is 4. The molecule has 2 unspecified atom stereocenters. The van der Waals surface area contributed by atoms with Crippen LogP contribution in [0.25, 0.3) is 0 Å². The van der Waals surface area contributed by atoms with E-state index in [0.717, 1.165) is 0 Å². The summed E-state index contributed by atoms with van der Waals surface area (Å²) < 4.78 is 0. The van der Waals surface area contributed by atoms with Crippen LogP contribution in [0.5, 0.6) is 0 Å². The molecule has 0 aromatic heterocycles. The van der Waals surface area contributed by atoms with Gasteiger partial charge in [0, 0.05) is 14.1 Å². The highest BCUT2D eigenvalue weighted by molar-refractivity contribution is 8.15. The molecule has 0 bridgehead atoms. The molecule has 1 saturated heterocycles. The van der Waals surface area contributed by atoms with Crippen molar-refractivity contribution in [2.75, 3.05) is 14.1 Å². The highest BCUT2D eigenvalue weighted by Crippen LogP contribution is 2.31. The van der Waals surface area contributed by atoms with Crippen LogP contribution in [0.3, 0.4) is 0 Å². The van der Waals surface area contributed by atoms with Crippen LogP contribution in [0.4, 0.5) is 0 Å². The van der Waals surface area contributed by atoms with Crippen molar-refractivity contribution in [1.82, 2.24) is 4.90 Å². The van der Waals surface area contributed by atoms with E-state index in [1.54, 1.807) is 14.1 Å². The number of thioether (sulfide) groups is 1. The van der Waals surface area contributed by atoms with Crippen molar-refractivity contribution in [2.24, 2.45) is 10.9 Å². The summed E-state index contributed by atoms with van der Waals surface area (Å²) in [4.78, 5) is 27.6. The second-order valence-electron chi connectivity index (χ2n) is 3.07. The predicted molar refractivity (Wildman–Crippen MR) is 54.3 cm³/mol. The van der Waals surface area contributed by atoms with Crippen molar-refractivity contribution < 1.29 is 14.7 Å². The summed E-state index contributed by atoms with van der Waals surface area (Å²) in [6, 6.07) is 0. The van der Waals surface area contributed by atoms with Gasteiger partial charge < -0.3 is 5.11 Å². The minimum Gasteiger partial charge on any atom is -0.481 e. The van der Waals surface area contributed by atoms with Gasteiger partial charge in [-0.15, -0.1) is 0 Å². The summed E-state index contributed by atoms with van der Waals surface area (Å²) in [6.45, 7) is 1.53. The second-order valence-corrected chi connectivity index (χ2v) is 4.18. The molecule has 78 valence electrons. The average molecular weight is 216 g/mol. The van der Waals surface area contributed by atoms with Crippen LogP contribution in [0.15, 0.2) is 4.99 Å². The van der Waals surface area contributed by atoms with Crippen LogP contribution >= 0.6 is 11.8 Å². The monoisotopic (exact) mass is 216 g/mol. The highest BCUT2D eigenvalue weighted by Gasteiger charge is 2.41. The average Bonchev–Trinajstić information content (AvgIpc) is 2.43. The molecule has 0 aromatic carbocycles. The summed E-state index contributed by atoms with van der Waals surface area (Å²) in [7, 11) is 3.19. The minimum absolute atomic E-state index is 0.189. The normalized spacial score (nSPS) is 27.1. The minimum atomic E-state index is -0.957. The second kappa shape index (κ2) is 4.00. The van der Waals surface area contributed by atoms with Gasteiger partial charge in [-0.2, -0.15) is 0 Å². The van der Waals surface area contributed by atoms with Crippen LogP contribution < -0.4 is 0 Å². The van der Waals surface area contributed by atoms with Crippen molar-refractivity contribution in [1.29, 1.82) is 0 Å². The molecule has 1 heterocycles. The Balaban J connectivity index is 2.85. The smallest absolute Gasteiger partial charge is 0.307 e. The lowest BCUT2D eigenvalue weighted by Crippen LogP contribution is -2.33. The molecule has 1 N–H and O–H groups in total. The lowest BCUT2D eigenvalue weighted by molar-refractivity contribution is -0.143. The van der Waals surface area contributed by atoms with Gasteiger partial charge in [-0.05, 0) is 0 Å². The fraction of sp³-hybridized carbons (Fsp3) is 0.625. The Morgan fingerprint density at radius 3 is 2.64 bits per heavy atom. The molecule has 0 radical (unpaired) electrons. The Kier molecular flexibility index (Phi) is 3.15.